The van der Waals surface area contributed by atoms with Gasteiger partial charge in [0.05, 0.1) is 6.04 Å². The number of allylic oxidation sites excluding steroid dienone is 3. The SMILES string of the molecule is C/C(=C\C=C/C1=CCN(C2CCC(=O)NC2=O)C1=O)NCCCC=O.CNC1(C)C=C(C(=O)NC(C)c2cccc3ccccc23)C(C)=CC1. The van der Waals surface area contributed by atoms with Gasteiger partial charge in [-0.3, -0.25) is 24.5 Å². The number of carbonyl (C=O) groups excluding carboxylic acids is 5. The second kappa shape index (κ2) is 17.5. The molecule has 2 aromatic carbocycles. The number of imide groups is 1. The van der Waals surface area contributed by atoms with Crippen molar-refractivity contribution >= 4 is 40.7 Å². The first-order valence-electron chi connectivity index (χ1n) is 17.2. The maximum absolute atomic E-state index is 12.9. The van der Waals surface area contributed by atoms with E-state index in [-0.39, 0.29) is 35.7 Å². The highest BCUT2D eigenvalue weighted by Crippen LogP contribution is 2.28. The molecule has 1 aliphatic carbocycles. The number of aldehydes is 1. The molecule has 0 spiro atoms. The van der Waals surface area contributed by atoms with Gasteiger partial charge in [0, 0.05) is 48.3 Å². The molecule has 0 bridgehead atoms. The van der Waals surface area contributed by atoms with E-state index in [2.05, 4.69) is 58.5 Å². The van der Waals surface area contributed by atoms with Crippen molar-refractivity contribution in [2.75, 3.05) is 20.1 Å². The van der Waals surface area contributed by atoms with Gasteiger partial charge in [-0.1, -0.05) is 66.8 Å². The van der Waals surface area contributed by atoms with Gasteiger partial charge in [-0.2, -0.15) is 0 Å². The lowest BCUT2D eigenvalue weighted by Crippen LogP contribution is -2.53. The van der Waals surface area contributed by atoms with Gasteiger partial charge in [0.25, 0.3) is 11.8 Å². The van der Waals surface area contributed by atoms with E-state index in [9.17, 15) is 24.0 Å². The van der Waals surface area contributed by atoms with Crippen LogP contribution in [0.3, 0.4) is 0 Å². The quantitative estimate of drug-likeness (QED) is 0.109. The zero-order valence-electron chi connectivity index (χ0n) is 29.7. The standard InChI is InChI=1S/C22H26N2O.C18H23N3O4/c1-15-12-13-22(3,23-4)14-20(15)21(25)24-16(2)18-11-7-9-17-8-5-6-10-19(17)18;1-13(19-10-2-3-12-22)5-4-6-14-9-11-21(18(14)25)15-7-8-16(23)20-17(15)24/h5-12,14,16,23H,13H2,1-4H3,(H,24,25);4-6,9,12,15,19H,2-3,7-8,10-11H2,1H3,(H,20,23,24)/b;6-4-,13-5+. The number of likely N-dealkylation sites (N-methyl/N-ethyl adjacent to an activating group) is 1. The van der Waals surface area contributed by atoms with Crippen molar-refractivity contribution in [2.45, 2.75) is 77.4 Å². The molecule has 5 rings (SSSR count). The molecule has 10 nitrogen and oxygen atoms in total. The van der Waals surface area contributed by atoms with Crippen molar-refractivity contribution in [1.82, 2.24) is 26.2 Å². The highest BCUT2D eigenvalue weighted by Gasteiger charge is 2.36. The van der Waals surface area contributed by atoms with Gasteiger partial charge < -0.3 is 25.6 Å². The van der Waals surface area contributed by atoms with Gasteiger partial charge in [-0.15, -0.1) is 0 Å². The number of amides is 4. The minimum absolute atomic E-state index is 0.0182. The Labute approximate surface area is 294 Å². The Hall–Kier alpha value is -5.09. The van der Waals surface area contributed by atoms with Crippen LogP contribution in [0, 0.1) is 0 Å². The summed E-state index contributed by atoms with van der Waals surface area (Å²) in [4.78, 5) is 60.1. The molecule has 10 heteroatoms. The smallest absolute Gasteiger partial charge is 0.254 e. The van der Waals surface area contributed by atoms with Gasteiger partial charge in [0.2, 0.25) is 11.8 Å². The second-order valence-corrected chi connectivity index (χ2v) is 13.1. The number of unbranched alkanes of at least 4 members (excludes halogenated alkanes) is 1. The van der Waals surface area contributed by atoms with Gasteiger partial charge in [-0.05, 0) is 88.1 Å². The summed E-state index contributed by atoms with van der Waals surface area (Å²) in [5, 5.41) is 14.3. The van der Waals surface area contributed by atoms with E-state index >= 15 is 0 Å². The monoisotopic (exact) mass is 679 g/mol. The Bertz CT molecular complexity index is 1760. The molecular weight excluding hydrogens is 630 g/mol. The maximum Gasteiger partial charge on any atom is 0.254 e. The third-order valence-corrected chi connectivity index (χ3v) is 9.30. The summed E-state index contributed by atoms with van der Waals surface area (Å²) >= 11 is 0. The van der Waals surface area contributed by atoms with Crippen LogP contribution < -0.4 is 21.3 Å². The maximum atomic E-state index is 12.9. The van der Waals surface area contributed by atoms with Crippen molar-refractivity contribution in [2.24, 2.45) is 0 Å². The minimum Gasteiger partial charge on any atom is -0.389 e. The minimum atomic E-state index is -0.580. The zero-order chi connectivity index (χ0) is 36.3. The first kappa shape index (κ1) is 37.7. The van der Waals surface area contributed by atoms with E-state index in [1.54, 1.807) is 18.2 Å². The average molecular weight is 680 g/mol. The summed E-state index contributed by atoms with van der Waals surface area (Å²) in [6.45, 7) is 9.16. The lowest BCUT2D eigenvalue weighted by molar-refractivity contribution is -0.142. The number of nitrogens with one attached hydrogen (secondary N) is 4. The van der Waals surface area contributed by atoms with Crippen LogP contribution in [0.25, 0.3) is 10.8 Å². The average Bonchev–Trinajstić information content (AvgIpc) is 3.47. The third-order valence-electron chi connectivity index (χ3n) is 9.30. The summed E-state index contributed by atoms with van der Waals surface area (Å²) in [5.41, 5.74) is 4.24. The molecule has 50 heavy (non-hydrogen) atoms. The van der Waals surface area contributed by atoms with Crippen LogP contribution in [0.2, 0.25) is 0 Å². The number of nitrogens with zero attached hydrogens (tertiary/aromatic N) is 1. The lowest BCUT2D eigenvalue weighted by Gasteiger charge is -2.30. The number of hydrogen-bond donors (Lipinski definition) is 4. The summed E-state index contributed by atoms with van der Waals surface area (Å²) < 4.78 is 0. The molecule has 3 unspecified atom stereocenters. The Morgan fingerprint density at radius 3 is 2.62 bits per heavy atom. The van der Waals surface area contributed by atoms with E-state index in [1.165, 1.54) is 15.7 Å². The van der Waals surface area contributed by atoms with Crippen LogP contribution in [0.15, 0.2) is 101 Å². The fourth-order valence-corrected chi connectivity index (χ4v) is 6.11. The zero-order valence-corrected chi connectivity index (χ0v) is 29.7. The topological polar surface area (TPSA) is 137 Å². The molecule has 2 aliphatic heterocycles. The first-order chi connectivity index (χ1) is 24.0. The van der Waals surface area contributed by atoms with Gasteiger partial charge in [0.1, 0.15) is 12.3 Å². The van der Waals surface area contributed by atoms with Crippen LogP contribution in [-0.4, -0.2) is 66.5 Å². The van der Waals surface area contributed by atoms with Crippen molar-refractivity contribution in [3.63, 3.8) is 0 Å². The van der Waals surface area contributed by atoms with Crippen molar-refractivity contribution in [3.8, 4) is 0 Å². The highest BCUT2D eigenvalue weighted by atomic mass is 16.2. The van der Waals surface area contributed by atoms with Gasteiger partial charge in [-0.25, -0.2) is 0 Å². The molecule has 4 amide bonds. The predicted molar refractivity (Wildman–Crippen MR) is 197 cm³/mol. The van der Waals surface area contributed by atoms with E-state index < -0.39 is 11.9 Å². The Morgan fingerprint density at radius 2 is 1.88 bits per heavy atom. The van der Waals surface area contributed by atoms with Crippen LogP contribution in [0.1, 0.15) is 71.4 Å². The summed E-state index contributed by atoms with van der Waals surface area (Å²) in [6, 6.07) is 13.9. The number of rotatable bonds is 12. The second-order valence-electron chi connectivity index (χ2n) is 13.1. The molecule has 2 heterocycles. The summed E-state index contributed by atoms with van der Waals surface area (Å²) in [5.74, 6) is -0.910. The largest absolute Gasteiger partial charge is 0.389 e. The van der Waals surface area contributed by atoms with Crippen LogP contribution in [-0.2, 0) is 24.0 Å². The lowest BCUT2D eigenvalue weighted by atomic mass is 9.86. The number of piperidine rings is 1. The van der Waals surface area contributed by atoms with Crippen molar-refractivity contribution in [3.05, 3.63) is 107 Å². The Kier molecular flexibility index (Phi) is 13.2. The Balaban J connectivity index is 0.000000225. The predicted octanol–water partition coefficient (Wildman–Crippen LogP) is 4.86. The number of benzene rings is 2. The fraction of sp³-hybridized carbons (Fsp3) is 0.375. The van der Waals surface area contributed by atoms with Crippen LogP contribution in [0.4, 0.5) is 0 Å². The molecule has 264 valence electrons. The summed E-state index contributed by atoms with van der Waals surface area (Å²) in [7, 11) is 1.93. The molecule has 1 saturated heterocycles. The van der Waals surface area contributed by atoms with E-state index in [0.717, 1.165) is 48.1 Å². The third kappa shape index (κ3) is 9.75. The normalized spacial score (nSPS) is 21.5. The van der Waals surface area contributed by atoms with Crippen molar-refractivity contribution < 1.29 is 24.0 Å². The molecule has 0 saturated carbocycles. The van der Waals surface area contributed by atoms with Crippen LogP contribution in [0.5, 0.6) is 0 Å². The van der Waals surface area contributed by atoms with E-state index in [1.807, 2.05) is 58.2 Å². The molecule has 1 fully saturated rings. The first-order valence-corrected chi connectivity index (χ1v) is 17.2. The number of fused-ring (bicyclic) bond motifs is 1. The Morgan fingerprint density at radius 1 is 1.12 bits per heavy atom. The van der Waals surface area contributed by atoms with Crippen LogP contribution >= 0.6 is 0 Å². The molecule has 4 N–H and O–H groups in total. The van der Waals surface area contributed by atoms with Gasteiger partial charge >= 0.3 is 0 Å². The fourth-order valence-electron chi connectivity index (χ4n) is 6.11. The highest BCUT2D eigenvalue weighted by molar-refractivity contribution is 6.05. The van der Waals surface area contributed by atoms with E-state index in [0.29, 0.717) is 25.0 Å². The molecule has 0 radical (unpaired) electrons. The molecule has 2 aromatic rings. The molecular formula is C40H49N5O5. The van der Waals surface area contributed by atoms with Gasteiger partial charge in [0.15, 0.2) is 0 Å². The molecule has 0 aromatic heterocycles. The summed E-state index contributed by atoms with van der Waals surface area (Å²) in [6.07, 6.45) is 15.0. The molecule has 3 aliphatic rings. The number of hydrogen-bond acceptors (Lipinski definition) is 7. The number of carbonyl (C=O) groups is 5. The molecule has 3 atom stereocenters. The van der Waals surface area contributed by atoms with E-state index in [4.69, 9.17) is 0 Å². The van der Waals surface area contributed by atoms with Crippen molar-refractivity contribution in [1.29, 1.82) is 0 Å².